The molecule has 0 amide bonds. The van der Waals surface area contributed by atoms with E-state index in [1.807, 2.05) is 6.07 Å². The fourth-order valence-corrected chi connectivity index (χ4v) is 1.73. The Morgan fingerprint density at radius 3 is 2.31 bits per heavy atom. The molecule has 1 nitrogen and oxygen atoms in total. The average molecular weight is 242 g/mol. The van der Waals surface area contributed by atoms with Crippen LogP contribution in [-0.2, 0) is 0 Å². The Bertz CT molecular complexity index is 279. The molecule has 0 aromatic heterocycles. The summed E-state index contributed by atoms with van der Waals surface area (Å²) < 4.78 is 1.13. The van der Waals surface area contributed by atoms with Crippen molar-refractivity contribution in [2.75, 3.05) is 5.32 Å². The maximum atomic E-state index is 3.54. The first kappa shape index (κ1) is 10.6. The molecule has 0 unspecified atom stereocenters. The molecule has 1 N–H and O–H groups in total. The fraction of sp³-hybridized carbons (Fsp3) is 0.455. The molecule has 0 aliphatic carbocycles. The SMILES string of the molecule is Cc1cccc(Br)c1NC(C)(C)C. The molecule has 0 saturated carbocycles. The molecule has 0 spiro atoms. The van der Waals surface area contributed by atoms with Crippen molar-refractivity contribution in [1.29, 1.82) is 0 Å². The average Bonchev–Trinajstić information content (AvgIpc) is 1.95. The first-order valence-corrected chi connectivity index (χ1v) is 5.23. The van der Waals surface area contributed by atoms with Gasteiger partial charge >= 0.3 is 0 Å². The van der Waals surface area contributed by atoms with Crippen molar-refractivity contribution in [2.24, 2.45) is 0 Å². The predicted octanol–water partition coefficient (Wildman–Crippen LogP) is 3.97. The number of rotatable bonds is 1. The number of nitrogens with one attached hydrogen (secondary N) is 1. The summed E-state index contributed by atoms with van der Waals surface area (Å²) in [5.74, 6) is 0. The van der Waals surface area contributed by atoms with Crippen LogP contribution in [0.2, 0.25) is 0 Å². The van der Waals surface area contributed by atoms with Gasteiger partial charge in [-0.1, -0.05) is 12.1 Å². The molecule has 0 atom stereocenters. The largest absolute Gasteiger partial charge is 0.379 e. The third-order valence-corrected chi connectivity index (χ3v) is 2.38. The third-order valence-electron chi connectivity index (χ3n) is 1.72. The summed E-state index contributed by atoms with van der Waals surface area (Å²) in [4.78, 5) is 0. The molecule has 0 heterocycles. The highest BCUT2D eigenvalue weighted by atomic mass is 79.9. The smallest absolute Gasteiger partial charge is 0.0518 e. The number of anilines is 1. The predicted molar refractivity (Wildman–Crippen MR) is 62.3 cm³/mol. The van der Waals surface area contributed by atoms with Gasteiger partial charge in [-0.2, -0.15) is 0 Å². The Morgan fingerprint density at radius 2 is 1.85 bits per heavy atom. The molecule has 0 fully saturated rings. The van der Waals surface area contributed by atoms with E-state index in [0.29, 0.717) is 0 Å². The van der Waals surface area contributed by atoms with Gasteiger partial charge in [0.25, 0.3) is 0 Å². The van der Waals surface area contributed by atoms with Crippen molar-refractivity contribution in [1.82, 2.24) is 0 Å². The Morgan fingerprint density at radius 1 is 1.23 bits per heavy atom. The summed E-state index contributed by atoms with van der Waals surface area (Å²) in [7, 11) is 0. The number of para-hydroxylation sites is 1. The van der Waals surface area contributed by atoms with Gasteiger partial charge in [0.2, 0.25) is 0 Å². The van der Waals surface area contributed by atoms with Crippen LogP contribution in [0, 0.1) is 6.92 Å². The van der Waals surface area contributed by atoms with Crippen molar-refractivity contribution in [3.8, 4) is 0 Å². The minimum atomic E-state index is 0.106. The van der Waals surface area contributed by atoms with Crippen molar-refractivity contribution >= 4 is 21.6 Å². The fourth-order valence-electron chi connectivity index (χ4n) is 1.17. The van der Waals surface area contributed by atoms with E-state index in [-0.39, 0.29) is 5.54 Å². The molecular weight excluding hydrogens is 226 g/mol. The molecule has 1 rings (SSSR count). The highest BCUT2D eigenvalue weighted by molar-refractivity contribution is 9.10. The Hall–Kier alpha value is -0.500. The van der Waals surface area contributed by atoms with E-state index >= 15 is 0 Å². The van der Waals surface area contributed by atoms with Gasteiger partial charge in [0.1, 0.15) is 0 Å². The highest BCUT2D eigenvalue weighted by Gasteiger charge is 2.12. The van der Waals surface area contributed by atoms with Crippen LogP contribution in [0.4, 0.5) is 5.69 Å². The van der Waals surface area contributed by atoms with Crippen LogP contribution < -0.4 is 5.32 Å². The number of benzene rings is 1. The van der Waals surface area contributed by atoms with Crippen LogP contribution in [0.25, 0.3) is 0 Å². The van der Waals surface area contributed by atoms with E-state index < -0.39 is 0 Å². The second kappa shape index (κ2) is 3.70. The zero-order chi connectivity index (χ0) is 10.1. The molecule has 1 aromatic rings. The van der Waals surface area contributed by atoms with Crippen molar-refractivity contribution in [2.45, 2.75) is 33.2 Å². The summed E-state index contributed by atoms with van der Waals surface area (Å²) >= 11 is 3.54. The summed E-state index contributed by atoms with van der Waals surface area (Å²) in [5.41, 5.74) is 2.56. The second-order valence-electron chi connectivity index (χ2n) is 4.31. The third kappa shape index (κ3) is 3.03. The summed E-state index contributed by atoms with van der Waals surface area (Å²) in [6, 6.07) is 6.22. The number of hydrogen-bond acceptors (Lipinski definition) is 1. The van der Waals surface area contributed by atoms with Gasteiger partial charge in [0, 0.05) is 10.0 Å². The van der Waals surface area contributed by atoms with E-state index in [4.69, 9.17) is 0 Å². The molecule has 1 aromatic carbocycles. The van der Waals surface area contributed by atoms with Crippen LogP contribution in [0.3, 0.4) is 0 Å². The van der Waals surface area contributed by atoms with Gasteiger partial charge in [0.15, 0.2) is 0 Å². The minimum Gasteiger partial charge on any atom is -0.379 e. The zero-order valence-corrected chi connectivity index (χ0v) is 10.2. The maximum Gasteiger partial charge on any atom is 0.0518 e. The van der Waals surface area contributed by atoms with Crippen LogP contribution in [0.5, 0.6) is 0 Å². The van der Waals surface area contributed by atoms with E-state index in [2.05, 4.69) is 61.1 Å². The van der Waals surface area contributed by atoms with E-state index in [1.54, 1.807) is 0 Å². The lowest BCUT2D eigenvalue weighted by atomic mass is 10.1. The Kier molecular flexibility index (Phi) is 3.01. The number of hydrogen-bond donors (Lipinski definition) is 1. The standard InChI is InChI=1S/C11H16BrN/c1-8-6-5-7-9(12)10(8)13-11(2,3)4/h5-7,13H,1-4H3. The van der Waals surface area contributed by atoms with Gasteiger partial charge in [-0.25, -0.2) is 0 Å². The minimum absolute atomic E-state index is 0.106. The lowest BCUT2D eigenvalue weighted by molar-refractivity contribution is 0.633. The van der Waals surface area contributed by atoms with Gasteiger partial charge in [-0.05, 0) is 55.3 Å². The molecule has 72 valence electrons. The van der Waals surface area contributed by atoms with E-state index in [0.717, 1.165) is 4.47 Å². The van der Waals surface area contributed by atoms with Crippen molar-refractivity contribution < 1.29 is 0 Å². The van der Waals surface area contributed by atoms with Gasteiger partial charge in [-0.15, -0.1) is 0 Å². The first-order chi connectivity index (χ1) is 5.90. The van der Waals surface area contributed by atoms with E-state index in [1.165, 1.54) is 11.3 Å². The number of aryl methyl sites for hydroxylation is 1. The number of halogens is 1. The van der Waals surface area contributed by atoms with E-state index in [9.17, 15) is 0 Å². The maximum absolute atomic E-state index is 3.54. The Labute approximate surface area is 88.7 Å². The van der Waals surface area contributed by atoms with Crippen molar-refractivity contribution in [3.05, 3.63) is 28.2 Å². The van der Waals surface area contributed by atoms with Crippen LogP contribution in [0.15, 0.2) is 22.7 Å². The first-order valence-electron chi connectivity index (χ1n) is 4.43. The Balaban J connectivity index is 3.00. The molecular formula is C11H16BrN. The molecule has 0 bridgehead atoms. The second-order valence-corrected chi connectivity index (χ2v) is 5.16. The van der Waals surface area contributed by atoms with Gasteiger partial charge < -0.3 is 5.32 Å². The van der Waals surface area contributed by atoms with Crippen LogP contribution in [0.1, 0.15) is 26.3 Å². The molecule has 2 heteroatoms. The molecule has 0 aliphatic heterocycles. The molecule has 13 heavy (non-hydrogen) atoms. The van der Waals surface area contributed by atoms with Crippen LogP contribution in [-0.4, -0.2) is 5.54 Å². The quantitative estimate of drug-likeness (QED) is 0.785. The summed E-state index contributed by atoms with van der Waals surface area (Å²) in [6.07, 6.45) is 0. The lowest BCUT2D eigenvalue weighted by Crippen LogP contribution is -2.26. The van der Waals surface area contributed by atoms with Gasteiger partial charge in [0.05, 0.1) is 5.69 Å². The molecule has 0 radical (unpaired) electrons. The summed E-state index contributed by atoms with van der Waals surface area (Å²) in [6.45, 7) is 8.59. The lowest BCUT2D eigenvalue weighted by Gasteiger charge is -2.24. The topological polar surface area (TPSA) is 12.0 Å². The zero-order valence-electron chi connectivity index (χ0n) is 8.61. The monoisotopic (exact) mass is 241 g/mol. The highest BCUT2D eigenvalue weighted by Crippen LogP contribution is 2.28. The van der Waals surface area contributed by atoms with Crippen molar-refractivity contribution in [3.63, 3.8) is 0 Å². The molecule has 0 aliphatic rings. The summed E-state index contributed by atoms with van der Waals surface area (Å²) in [5, 5.41) is 3.47. The van der Waals surface area contributed by atoms with Crippen LogP contribution >= 0.6 is 15.9 Å². The molecule has 0 saturated heterocycles. The van der Waals surface area contributed by atoms with Gasteiger partial charge in [-0.3, -0.25) is 0 Å². The normalized spacial score (nSPS) is 11.5.